The van der Waals surface area contributed by atoms with Crippen LogP contribution in [-0.4, -0.2) is 43.3 Å². The molecule has 1 saturated carbocycles. The largest absolute Gasteiger partial charge is 0.468 e. The lowest BCUT2D eigenvalue weighted by atomic mass is 9.86. The highest BCUT2D eigenvalue weighted by atomic mass is 16.5. The molecular weight excluding hydrogens is 200 g/mol. The van der Waals surface area contributed by atoms with Gasteiger partial charge in [0.1, 0.15) is 11.7 Å². The first-order chi connectivity index (χ1) is 7.19. The Labute approximate surface area is 88.4 Å². The Balaban J connectivity index is 2.48. The lowest BCUT2D eigenvalue weighted by molar-refractivity contribution is -0.153. The Morgan fingerprint density at radius 1 is 1.60 bits per heavy atom. The SMILES string of the molecule is COC(=O)C1CC(OCCO)CCC1=O. The Bertz CT molecular complexity index is 230. The summed E-state index contributed by atoms with van der Waals surface area (Å²) in [6.07, 6.45) is 1.20. The summed E-state index contributed by atoms with van der Waals surface area (Å²) in [5.41, 5.74) is 0. The predicted molar refractivity (Wildman–Crippen MR) is 51.2 cm³/mol. The van der Waals surface area contributed by atoms with Crippen LogP contribution in [0.2, 0.25) is 0 Å². The summed E-state index contributed by atoms with van der Waals surface area (Å²) in [6, 6.07) is 0. The van der Waals surface area contributed by atoms with Crippen LogP contribution >= 0.6 is 0 Å². The number of Topliss-reactive ketones (excluding diaryl/α,β-unsaturated/α-hetero) is 1. The summed E-state index contributed by atoms with van der Waals surface area (Å²) in [7, 11) is 1.27. The van der Waals surface area contributed by atoms with E-state index in [4.69, 9.17) is 9.84 Å². The van der Waals surface area contributed by atoms with Gasteiger partial charge in [-0.3, -0.25) is 9.59 Å². The summed E-state index contributed by atoms with van der Waals surface area (Å²) >= 11 is 0. The maximum atomic E-state index is 11.4. The van der Waals surface area contributed by atoms with Crippen LogP contribution < -0.4 is 0 Å². The Hall–Kier alpha value is -0.940. The van der Waals surface area contributed by atoms with Gasteiger partial charge in [-0.1, -0.05) is 0 Å². The van der Waals surface area contributed by atoms with Gasteiger partial charge in [-0.05, 0) is 12.8 Å². The van der Waals surface area contributed by atoms with Crippen molar-refractivity contribution in [3.8, 4) is 0 Å². The van der Waals surface area contributed by atoms with Crippen molar-refractivity contribution >= 4 is 11.8 Å². The van der Waals surface area contributed by atoms with Crippen molar-refractivity contribution in [1.82, 2.24) is 0 Å². The molecule has 0 aliphatic heterocycles. The van der Waals surface area contributed by atoms with E-state index >= 15 is 0 Å². The van der Waals surface area contributed by atoms with Gasteiger partial charge < -0.3 is 14.6 Å². The van der Waals surface area contributed by atoms with Crippen LogP contribution in [-0.2, 0) is 19.1 Å². The summed E-state index contributed by atoms with van der Waals surface area (Å²) < 4.78 is 9.84. The van der Waals surface area contributed by atoms with Crippen molar-refractivity contribution in [3.05, 3.63) is 0 Å². The standard InChI is InChI=1S/C10H16O5/c1-14-10(13)8-6-7(15-5-4-11)2-3-9(8)12/h7-8,11H,2-6H2,1H3. The van der Waals surface area contributed by atoms with Crippen molar-refractivity contribution in [2.75, 3.05) is 20.3 Å². The molecule has 0 aromatic carbocycles. The molecule has 0 radical (unpaired) electrons. The number of ketones is 1. The first-order valence-electron chi connectivity index (χ1n) is 5.02. The van der Waals surface area contributed by atoms with Crippen LogP contribution in [0.1, 0.15) is 19.3 Å². The number of hydrogen-bond acceptors (Lipinski definition) is 5. The average molecular weight is 216 g/mol. The molecule has 1 aliphatic carbocycles. The fourth-order valence-corrected chi connectivity index (χ4v) is 1.73. The summed E-state index contributed by atoms with van der Waals surface area (Å²) in [5.74, 6) is -1.25. The van der Waals surface area contributed by atoms with E-state index in [1.54, 1.807) is 0 Å². The zero-order chi connectivity index (χ0) is 11.3. The minimum atomic E-state index is -0.688. The fourth-order valence-electron chi connectivity index (χ4n) is 1.73. The minimum Gasteiger partial charge on any atom is -0.468 e. The molecule has 1 N–H and O–H groups in total. The van der Waals surface area contributed by atoms with Crippen molar-refractivity contribution in [2.45, 2.75) is 25.4 Å². The van der Waals surface area contributed by atoms with Crippen molar-refractivity contribution in [2.24, 2.45) is 5.92 Å². The van der Waals surface area contributed by atoms with Crippen molar-refractivity contribution in [1.29, 1.82) is 0 Å². The van der Waals surface area contributed by atoms with E-state index in [2.05, 4.69) is 4.74 Å². The maximum Gasteiger partial charge on any atom is 0.316 e. The number of methoxy groups -OCH3 is 1. The second-order valence-corrected chi connectivity index (χ2v) is 3.53. The van der Waals surface area contributed by atoms with Gasteiger partial charge in [0.05, 0.1) is 26.4 Å². The van der Waals surface area contributed by atoms with Gasteiger partial charge in [-0.25, -0.2) is 0 Å². The molecule has 1 rings (SSSR count). The van der Waals surface area contributed by atoms with E-state index in [0.717, 1.165) is 0 Å². The zero-order valence-electron chi connectivity index (χ0n) is 8.77. The zero-order valence-corrected chi connectivity index (χ0v) is 8.77. The van der Waals surface area contributed by atoms with E-state index < -0.39 is 11.9 Å². The molecule has 86 valence electrons. The first-order valence-corrected chi connectivity index (χ1v) is 5.02. The highest BCUT2D eigenvalue weighted by Crippen LogP contribution is 2.24. The lowest BCUT2D eigenvalue weighted by Gasteiger charge is -2.26. The molecule has 0 bridgehead atoms. The molecule has 0 aromatic heterocycles. The van der Waals surface area contributed by atoms with Gasteiger partial charge in [0, 0.05) is 6.42 Å². The summed E-state index contributed by atoms with van der Waals surface area (Å²) in [5, 5.41) is 8.59. The van der Waals surface area contributed by atoms with E-state index in [-0.39, 0.29) is 25.1 Å². The Kier molecular flexibility index (Phi) is 4.71. The normalized spacial score (nSPS) is 26.4. The smallest absolute Gasteiger partial charge is 0.316 e. The molecule has 0 amide bonds. The highest BCUT2D eigenvalue weighted by molar-refractivity contribution is 5.99. The van der Waals surface area contributed by atoms with Crippen LogP contribution in [0.15, 0.2) is 0 Å². The molecule has 15 heavy (non-hydrogen) atoms. The number of carbonyl (C=O) groups excluding carboxylic acids is 2. The Morgan fingerprint density at radius 3 is 2.93 bits per heavy atom. The van der Waals surface area contributed by atoms with Gasteiger partial charge in [-0.2, -0.15) is 0 Å². The third kappa shape index (κ3) is 3.28. The molecule has 0 spiro atoms. The number of aliphatic hydroxyl groups excluding tert-OH is 1. The number of aliphatic hydroxyl groups is 1. The van der Waals surface area contributed by atoms with Crippen LogP contribution in [0.5, 0.6) is 0 Å². The second-order valence-electron chi connectivity index (χ2n) is 3.53. The summed E-state index contributed by atoms with van der Waals surface area (Å²) in [6.45, 7) is 0.195. The van der Waals surface area contributed by atoms with Gasteiger partial charge in [-0.15, -0.1) is 0 Å². The highest BCUT2D eigenvalue weighted by Gasteiger charge is 2.34. The van der Waals surface area contributed by atoms with Crippen molar-refractivity contribution in [3.63, 3.8) is 0 Å². The third-order valence-electron chi connectivity index (χ3n) is 2.53. The van der Waals surface area contributed by atoms with Crippen LogP contribution in [0.4, 0.5) is 0 Å². The fraction of sp³-hybridized carbons (Fsp3) is 0.800. The van der Waals surface area contributed by atoms with Crippen LogP contribution in [0.3, 0.4) is 0 Å². The van der Waals surface area contributed by atoms with Gasteiger partial charge in [0.15, 0.2) is 0 Å². The molecule has 1 fully saturated rings. The van der Waals surface area contributed by atoms with Gasteiger partial charge >= 0.3 is 5.97 Å². The predicted octanol–water partition coefficient (Wildman–Crippen LogP) is -0.0939. The molecule has 1 aliphatic rings. The topological polar surface area (TPSA) is 72.8 Å². The average Bonchev–Trinajstić information content (AvgIpc) is 2.27. The van der Waals surface area contributed by atoms with E-state index in [1.807, 2.05) is 0 Å². The molecule has 0 aromatic rings. The third-order valence-corrected chi connectivity index (χ3v) is 2.53. The molecule has 5 nitrogen and oxygen atoms in total. The number of esters is 1. The maximum absolute atomic E-state index is 11.4. The molecule has 0 saturated heterocycles. The monoisotopic (exact) mass is 216 g/mol. The van der Waals surface area contributed by atoms with Gasteiger partial charge in [0.25, 0.3) is 0 Å². The van der Waals surface area contributed by atoms with Gasteiger partial charge in [0.2, 0.25) is 0 Å². The summed E-state index contributed by atoms with van der Waals surface area (Å²) in [4.78, 5) is 22.7. The van der Waals surface area contributed by atoms with E-state index in [0.29, 0.717) is 19.3 Å². The molecule has 2 unspecified atom stereocenters. The van der Waals surface area contributed by atoms with E-state index in [9.17, 15) is 9.59 Å². The molecular formula is C10H16O5. The second kappa shape index (κ2) is 5.82. The number of ether oxygens (including phenoxy) is 2. The number of hydrogen-bond donors (Lipinski definition) is 1. The van der Waals surface area contributed by atoms with Crippen LogP contribution in [0.25, 0.3) is 0 Å². The first kappa shape index (κ1) is 12.1. The molecule has 2 atom stereocenters. The van der Waals surface area contributed by atoms with E-state index in [1.165, 1.54) is 7.11 Å². The van der Waals surface area contributed by atoms with Crippen LogP contribution in [0, 0.1) is 5.92 Å². The molecule has 5 heteroatoms. The number of rotatable bonds is 4. The Morgan fingerprint density at radius 2 is 2.33 bits per heavy atom. The number of carbonyl (C=O) groups is 2. The quantitative estimate of drug-likeness (QED) is 0.525. The minimum absolute atomic E-state index is 0.0483. The molecule has 0 heterocycles. The van der Waals surface area contributed by atoms with Crippen molar-refractivity contribution < 1.29 is 24.2 Å². The lowest BCUT2D eigenvalue weighted by Crippen LogP contribution is -2.35.